The monoisotopic (exact) mass is 244 g/mol. The summed E-state index contributed by atoms with van der Waals surface area (Å²) >= 11 is 0. The predicted octanol–water partition coefficient (Wildman–Crippen LogP) is 0.707. The van der Waals surface area contributed by atoms with Crippen LogP contribution in [-0.4, -0.2) is 62.6 Å². The maximum atomic E-state index is 8.97. The molecular formula is C13H28N2O2. The first-order chi connectivity index (χ1) is 8.36. The standard InChI is InChI=1S/C13H28N2O2/c1-2-3-13(4-9-16)12-14-5-6-15-7-10-17-11-8-15/h13-14,16H,2-12H2,1H3. The average Bonchev–Trinajstić information content (AvgIpc) is 2.36. The number of aliphatic hydroxyl groups excluding tert-OH is 1. The Kier molecular flexibility index (Phi) is 8.61. The van der Waals surface area contributed by atoms with Gasteiger partial charge in [0, 0.05) is 32.8 Å². The minimum absolute atomic E-state index is 0.315. The molecule has 1 heterocycles. The Labute approximate surface area is 105 Å². The van der Waals surface area contributed by atoms with Gasteiger partial charge in [-0.15, -0.1) is 0 Å². The van der Waals surface area contributed by atoms with Crippen molar-refractivity contribution in [2.75, 3.05) is 52.5 Å². The van der Waals surface area contributed by atoms with Gasteiger partial charge in [-0.1, -0.05) is 13.3 Å². The average molecular weight is 244 g/mol. The largest absolute Gasteiger partial charge is 0.396 e. The number of ether oxygens (including phenoxy) is 1. The summed E-state index contributed by atoms with van der Waals surface area (Å²) < 4.78 is 5.32. The maximum Gasteiger partial charge on any atom is 0.0594 e. The van der Waals surface area contributed by atoms with E-state index in [1.165, 1.54) is 12.8 Å². The van der Waals surface area contributed by atoms with E-state index in [0.717, 1.165) is 52.4 Å². The molecule has 17 heavy (non-hydrogen) atoms. The quantitative estimate of drug-likeness (QED) is 0.586. The van der Waals surface area contributed by atoms with Gasteiger partial charge in [0.2, 0.25) is 0 Å². The number of morpholine rings is 1. The lowest BCUT2D eigenvalue weighted by molar-refractivity contribution is 0.0383. The van der Waals surface area contributed by atoms with Gasteiger partial charge in [0.15, 0.2) is 0 Å². The third kappa shape index (κ3) is 6.99. The molecule has 1 fully saturated rings. The van der Waals surface area contributed by atoms with Crippen molar-refractivity contribution in [3.05, 3.63) is 0 Å². The highest BCUT2D eigenvalue weighted by atomic mass is 16.5. The number of hydrogen-bond acceptors (Lipinski definition) is 4. The molecule has 0 aliphatic carbocycles. The van der Waals surface area contributed by atoms with E-state index < -0.39 is 0 Å². The molecule has 0 radical (unpaired) electrons. The lowest BCUT2D eigenvalue weighted by atomic mass is 10.0. The van der Waals surface area contributed by atoms with Crippen LogP contribution >= 0.6 is 0 Å². The molecule has 0 saturated carbocycles. The van der Waals surface area contributed by atoms with Crippen molar-refractivity contribution in [3.8, 4) is 0 Å². The number of nitrogens with zero attached hydrogens (tertiary/aromatic N) is 1. The van der Waals surface area contributed by atoms with Crippen LogP contribution < -0.4 is 5.32 Å². The van der Waals surface area contributed by atoms with Gasteiger partial charge in [0.05, 0.1) is 13.2 Å². The molecule has 1 rings (SSSR count). The van der Waals surface area contributed by atoms with Crippen LogP contribution in [-0.2, 0) is 4.74 Å². The summed E-state index contributed by atoms with van der Waals surface area (Å²) in [6.45, 7) is 9.61. The Hall–Kier alpha value is -0.160. The van der Waals surface area contributed by atoms with Gasteiger partial charge in [-0.3, -0.25) is 4.90 Å². The summed E-state index contributed by atoms with van der Waals surface area (Å²) in [6.07, 6.45) is 3.35. The summed E-state index contributed by atoms with van der Waals surface area (Å²) in [6, 6.07) is 0. The van der Waals surface area contributed by atoms with Crippen molar-refractivity contribution in [1.82, 2.24) is 10.2 Å². The van der Waals surface area contributed by atoms with E-state index in [1.54, 1.807) is 0 Å². The zero-order valence-electron chi connectivity index (χ0n) is 11.2. The van der Waals surface area contributed by atoms with Crippen LogP contribution in [0.2, 0.25) is 0 Å². The summed E-state index contributed by atoms with van der Waals surface area (Å²) in [5.41, 5.74) is 0. The van der Waals surface area contributed by atoms with E-state index in [9.17, 15) is 0 Å². The highest BCUT2D eigenvalue weighted by molar-refractivity contribution is 4.66. The van der Waals surface area contributed by atoms with Crippen LogP contribution in [0.3, 0.4) is 0 Å². The number of rotatable bonds is 9. The Morgan fingerprint density at radius 3 is 2.71 bits per heavy atom. The van der Waals surface area contributed by atoms with E-state index in [1.807, 2.05) is 0 Å². The van der Waals surface area contributed by atoms with Gasteiger partial charge in [-0.05, 0) is 25.3 Å². The predicted molar refractivity (Wildman–Crippen MR) is 70.2 cm³/mol. The minimum Gasteiger partial charge on any atom is -0.396 e. The van der Waals surface area contributed by atoms with Gasteiger partial charge in [0.1, 0.15) is 0 Å². The molecule has 102 valence electrons. The molecular weight excluding hydrogens is 216 g/mol. The Morgan fingerprint density at radius 2 is 2.06 bits per heavy atom. The van der Waals surface area contributed by atoms with E-state index in [0.29, 0.717) is 12.5 Å². The zero-order chi connectivity index (χ0) is 12.3. The zero-order valence-corrected chi connectivity index (χ0v) is 11.2. The fourth-order valence-electron chi connectivity index (χ4n) is 2.31. The van der Waals surface area contributed by atoms with E-state index in [4.69, 9.17) is 9.84 Å². The molecule has 1 atom stereocenters. The molecule has 4 heteroatoms. The van der Waals surface area contributed by atoms with E-state index >= 15 is 0 Å². The third-order valence-corrected chi connectivity index (χ3v) is 3.38. The summed E-state index contributed by atoms with van der Waals surface area (Å²) in [4.78, 5) is 2.44. The summed E-state index contributed by atoms with van der Waals surface area (Å²) in [5.74, 6) is 0.634. The molecule has 0 bridgehead atoms. The summed E-state index contributed by atoms with van der Waals surface area (Å²) in [7, 11) is 0. The maximum absolute atomic E-state index is 8.97. The SMILES string of the molecule is CCCC(CCO)CNCCN1CCOCC1. The number of aliphatic hydroxyl groups is 1. The second-order valence-corrected chi connectivity index (χ2v) is 4.83. The van der Waals surface area contributed by atoms with E-state index in [2.05, 4.69) is 17.1 Å². The van der Waals surface area contributed by atoms with Crippen LogP contribution in [0.1, 0.15) is 26.2 Å². The highest BCUT2D eigenvalue weighted by Gasteiger charge is 2.10. The Balaban J connectivity index is 2.00. The Morgan fingerprint density at radius 1 is 1.29 bits per heavy atom. The van der Waals surface area contributed by atoms with E-state index in [-0.39, 0.29) is 0 Å². The second-order valence-electron chi connectivity index (χ2n) is 4.83. The first kappa shape index (κ1) is 14.9. The van der Waals surface area contributed by atoms with Crippen molar-refractivity contribution in [2.24, 2.45) is 5.92 Å². The third-order valence-electron chi connectivity index (χ3n) is 3.38. The van der Waals surface area contributed by atoms with Crippen molar-refractivity contribution < 1.29 is 9.84 Å². The van der Waals surface area contributed by atoms with Crippen molar-refractivity contribution in [2.45, 2.75) is 26.2 Å². The molecule has 1 aliphatic rings. The molecule has 1 saturated heterocycles. The fraction of sp³-hybridized carbons (Fsp3) is 1.00. The van der Waals surface area contributed by atoms with Crippen LogP contribution in [0.5, 0.6) is 0 Å². The molecule has 2 N–H and O–H groups in total. The lowest BCUT2D eigenvalue weighted by Crippen LogP contribution is -2.41. The lowest BCUT2D eigenvalue weighted by Gasteiger charge is -2.27. The topological polar surface area (TPSA) is 44.7 Å². The van der Waals surface area contributed by atoms with Gasteiger partial charge in [-0.2, -0.15) is 0 Å². The van der Waals surface area contributed by atoms with Crippen LogP contribution in [0, 0.1) is 5.92 Å². The van der Waals surface area contributed by atoms with Crippen LogP contribution in [0.15, 0.2) is 0 Å². The molecule has 0 aromatic heterocycles. The molecule has 0 aromatic rings. The molecule has 4 nitrogen and oxygen atoms in total. The molecule has 0 aromatic carbocycles. The summed E-state index contributed by atoms with van der Waals surface area (Å²) in [5, 5.41) is 12.5. The van der Waals surface area contributed by atoms with Gasteiger partial charge < -0.3 is 15.2 Å². The first-order valence-corrected chi connectivity index (χ1v) is 6.98. The van der Waals surface area contributed by atoms with Crippen LogP contribution in [0.4, 0.5) is 0 Å². The van der Waals surface area contributed by atoms with Gasteiger partial charge in [-0.25, -0.2) is 0 Å². The van der Waals surface area contributed by atoms with Gasteiger partial charge >= 0.3 is 0 Å². The fourth-order valence-corrected chi connectivity index (χ4v) is 2.31. The van der Waals surface area contributed by atoms with Crippen molar-refractivity contribution in [1.29, 1.82) is 0 Å². The molecule has 1 aliphatic heterocycles. The number of nitrogens with one attached hydrogen (secondary N) is 1. The van der Waals surface area contributed by atoms with Crippen molar-refractivity contribution >= 4 is 0 Å². The number of hydrogen-bond donors (Lipinski definition) is 2. The Bertz CT molecular complexity index is 167. The highest BCUT2D eigenvalue weighted by Crippen LogP contribution is 2.09. The minimum atomic E-state index is 0.315. The van der Waals surface area contributed by atoms with Crippen LogP contribution in [0.25, 0.3) is 0 Å². The normalized spacial score (nSPS) is 19.4. The molecule has 0 spiro atoms. The van der Waals surface area contributed by atoms with Crippen molar-refractivity contribution in [3.63, 3.8) is 0 Å². The van der Waals surface area contributed by atoms with Gasteiger partial charge in [0.25, 0.3) is 0 Å². The first-order valence-electron chi connectivity index (χ1n) is 6.98. The second kappa shape index (κ2) is 9.83. The smallest absolute Gasteiger partial charge is 0.0594 e. The molecule has 1 unspecified atom stereocenters. The molecule has 0 amide bonds.